The summed E-state index contributed by atoms with van der Waals surface area (Å²) < 4.78 is 5.56. The van der Waals surface area contributed by atoms with Crippen LogP contribution in [0.4, 0.5) is 17.3 Å². The fraction of sp³-hybridized carbons (Fsp3) is 0.167. The van der Waals surface area contributed by atoms with Gasteiger partial charge in [0, 0.05) is 11.8 Å². The zero-order valence-corrected chi connectivity index (χ0v) is 11.1. The third-order valence-corrected chi connectivity index (χ3v) is 3.05. The van der Waals surface area contributed by atoms with Crippen LogP contribution in [0.3, 0.4) is 0 Å². The monoisotopic (exact) mass is 277 g/mol. The summed E-state index contributed by atoms with van der Waals surface area (Å²) in [6.07, 6.45) is 0. The molecule has 0 aliphatic rings. The van der Waals surface area contributed by atoms with Crippen molar-refractivity contribution in [1.29, 1.82) is 0 Å². The molecule has 0 fully saturated rings. The summed E-state index contributed by atoms with van der Waals surface area (Å²) in [6, 6.07) is 8.88. The Balaban J connectivity index is 1.82. The van der Waals surface area contributed by atoms with Crippen molar-refractivity contribution in [3.05, 3.63) is 30.3 Å². The van der Waals surface area contributed by atoms with Crippen molar-refractivity contribution in [1.82, 2.24) is 9.97 Å². The van der Waals surface area contributed by atoms with Crippen LogP contribution in [0.5, 0.6) is 5.75 Å². The smallest absolute Gasteiger partial charge is 0.191 e. The molecule has 6 nitrogen and oxygen atoms in total. The first kappa shape index (κ1) is 13.3. The first-order valence-electron chi connectivity index (χ1n) is 5.65. The molecule has 0 aliphatic heterocycles. The molecule has 2 aromatic rings. The summed E-state index contributed by atoms with van der Waals surface area (Å²) in [6.45, 7) is 0.497. The van der Waals surface area contributed by atoms with E-state index in [9.17, 15) is 0 Å². The Kier molecular flexibility index (Phi) is 4.30. The first-order chi connectivity index (χ1) is 9.15. The van der Waals surface area contributed by atoms with E-state index in [0.29, 0.717) is 40.6 Å². The Labute approximate surface area is 115 Å². The van der Waals surface area contributed by atoms with Gasteiger partial charge in [-0.3, -0.25) is 0 Å². The lowest BCUT2D eigenvalue weighted by Crippen LogP contribution is -2.04. The summed E-state index contributed by atoms with van der Waals surface area (Å²) in [5, 5.41) is 0.544. The molecule has 2 rings (SSSR count). The van der Waals surface area contributed by atoms with Crippen LogP contribution in [0.2, 0.25) is 0 Å². The molecule has 0 amide bonds. The number of nitrogens with two attached hydrogens (primary N) is 3. The van der Waals surface area contributed by atoms with E-state index in [2.05, 4.69) is 9.97 Å². The fourth-order valence-corrected chi connectivity index (χ4v) is 2.11. The zero-order valence-electron chi connectivity index (χ0n) is 10.2. The van der Waals surface area contributed by atoms with Crippen LogP contribution in [0.1, 0.15) is 0 Å². The van der Waals surface area contributed by atoms with Crippen molar-refractivity contribution >= 4 is 29.1 Å². The Morgan fingerprint density at radius 3 is 2.42 bits per heavy atom. The van der Waals surface area contributed by atoms with Crippen LogP contribution in [0.25, 0.3) is 0 Å². The third kappa shape index (κ3) is 3.92. The maximum absolute atomic E-state index is 5.76. The van der Waals surface area contributed by atoms with Gasteiger partial charge in [0.05, 0.1) is 12.3 Å². The Morgan fingerprint density at radius 1 is 1.05 bits per heavy atom. The largest absolute Gasteiger partial charge is 0.491 e. The molecule has 100 valence electrons. The van der Waals surface area contributed by atoms with E-state index >= 15 is 0 Å². The number of anilines is 3. The van der Waals surface area contributed by atoms with Crippen molar-refractivity contribution in [3.8, 4) is 5.75 Å². The number of rotatable bonds is 5. The van der Waals surface area contributed by atoms with Gasteiger partial charge < -0.3 is 21.9 Å². The highest BCUT2D eigenvalue weighted by Gasteiger charge is 2.02. The van der Waals surface area contributed by atoms with Crippen LogP contribution in [-0.2, 0) is 0 Å². The molecule has 0 radical (unpaired) electrons. The Hall–Kier alpha value is -2.15. The molecular formula is C12H15N5OS. The molecule has 0 aliphatic carbocycles. The number of ether oxygens (including phenoxy) is 1. The van der Waals surface area contributed by atoms with Gasteiger partial charge in [0.15, 0.2) is 5.16 Å². The Morgan fingerprint density at radius 2 is 1.74 bits per heavy atom. The van der Waals surface area contributed by atoms with Crippen LogP contribution in [0.15, 0.2) is 35.5 Å². The van der Waals surface area contributed by atoms with E-state index in [-0.39, 0.29) is 0 Å². The highest BCUT2D eigenvalue weighted by molar-refractivity contribution is 7.99. The summed E-state index contributed by atoms with van der Waals surface area (Å²) >= 11 is 1.43. The van der Waals surface area contributed by atoms with Crippen LogP contribution in [-0.4, -0.2) is 22.3 Å². The fourth-order valence-electron chi connectivity index (χ4n) is 1.42. The molecule has 6 N–H and O–H groups in total. The molecule has 7 heteroatoms. The van der Waals surface area contributed by atoms with Gasteiger partial charge in [0.2, 0.25) is 0 Å². The number of aromatic nitrogens is 2. The number of benzene rings is 1. The van der Waals surface area contributed by atoms with Gasteiger partial charge in [-0.15, -0.1) is 0 Å². The van der Waals surface area contributed by atoms with Crippen molar-refractivity contribution in [2.24, 2.45) is 0 Å². The minimum atomic E-state index is 0.364. The van der Waals surface area contributed by atoms with Gasteiger partial charge in [0.1, 0.15) is 17.4 Å². The number of thioether (sulfide) groups is 1. The van der Waals surface area contributed by atoms with Crippen LogP contribution < -0.4 is 21.9 Å². The van der Waals surface area contributed by atoms with Crippen molar-refractivity contribution < 1.29 is 4.74 Å². The van der Waals surface area contributed by atoms with Crippen LogP contribution >= 0.6 is 11.8 Å². The predicted molar refractivity (Wildman–Crippen MR) is 77.9 cm³/mol. The maximum Gasteiger partial charge on any atom is 0.191 e. The molecule has 1 aromatic carbocycles. The lowest BCUT2D eigenvalue weighted by Gasteiger charge is -2.08. The lowest BCUT2D eigenvalue weighted by molar-refractivity contribution is 0.345. The van der Waals surface area contributed by atoms with E-state index < -0.39 is 0 Å². The van der Waals surface area contributed by atoms with Gasteiger partial charge in [-0.1, -0.05) is 23.9 Å². The van der Waals surface area contributed by atoms with Gasteiger partial charge in [-0.05, 0) is 12.1 Å². The highest BCUT2D eigenvalue weighted by Crippen LogP contribution is 2.21. The molecule has 1 heterocycles. The van der Waals surface area contributed by atoms with E-state index in [4.69, 9.17) is 21.9 Å². The average molecular weight is 277 g/mol. The van der Waals surface area contributed by atoms with E-state index in [1.54, 1.807) is 6.07 Å². The van der Waals surface area contributed by atoms with Crippen molar-refractivity contribution in [2.45, 2.75) is 5.16 Å². The second-order valence-corrected chi connectivity index (χ2v) is 4.80. The summed E-state index contributed by atoms with van der Waals surface area (Å²) in [4.78, 5) is 8.13. The number of nitrogens with zero attached hydrogens (tertiary/aromatic N) is 2. The highest BCUT2D eigenvalue weighted by atomic mass is 32.2. The van der Waals surface area contributed by atoms with Gasteiger partial charge in [0.25, 0.3) is 0 Å². The SMILES string of the molecule is Nc1cc(N)nc(SCCOc2ccccc2N)n1. The van der Waals surface area contributed by atoms with Crippen LogP contribution in [0, 0.1) is 0 Å². The summed E-state index contributed by atoms with van der Waals surface area (Å²) in [5.74, 6) is 2.08. The summed E-state index contributed by atoms with van der Waals surface area (Å²) in [5.41, 5.74) is 17.6. The Bertz CT molecular complexity index is 543. The maximum atomic E-state index is 5.76. The molecule has 0 saturated heterocycles. The van der Waals surface area contributed by atoms with Gasteiger partial charge >= 0.3 is 0 Å². The molecule has 0 spiro atoms. The van der Waals surface area contributed by atoms with Gasteiger partial charge in [-0.25, -0.2) is 9.97 Å². The standard InChI is InChI=1S/C12H15N5OS/c13-8-3-1-2-4-9(8)18-5-6-19-12-16-10(14)7-11(15)17-12/h1-4,7H,5-6,13H2,(H4,14,15,16,17). The normalized spacial score (nSPS) is 10.3. The van der Waals surface area contributed by atoms with E-state index in [1.807, 2.05) is 18.2 Å². The second-order valence-electron chi connectivity index (χ2n) is 3.73. The number of hydrogen-bond acceptors (Lipinski definition) is 7. The first-order valence-corrected chi connectivity index (χ1v) is 6.64. The molecule has 1 aromatic heterocycles. The molecular weight excluding hydrogens is 262 g/mol. The quantitative estimate of drug-likeness (QED) is 0.327. The van der Waals surface area contributed by atoms with E-state index in [0.717, 1.165) is 0 Å². The minimum absolute atomic E-state index is 0.364. The molecule has 0 saturated carbocycles. The van der Waals surface area contributed by atoms with Crippen molar-refractivity contribution in [2.75, 3.05) is 29.6 Å². The minimum Gasteiger partial charge on any atom is -0.491 e. The number of nitrogen functional groups attached to an aromatic ring is 3. The molecule has 0 bridgehead atoms. The summed E-state index contributed by atoms with van der Waals surface area (Å²) in [7, 11) is 0. The molecule has 19 heavy (non-hydrogen) atoms. The predicted octanol–water partition coefficient (Wildman–Crippen LogP) is 1.39. The number of hydrogen-bond donors (Lipinski definition) is 3. The third-order valence-electron chi connectivity index (χ3n) is 2.24. The molecule has 0 unspecified atom stereocenters. The molecule has 0 atom stereocenters. The van der Waals surface area contributed by atoms with Gasteiger partial charge in [-0.2, -0.15) is 0 Å². The second kappa shape index (κ2) is 6.14. The average Bonchev–Trinajstić information content (AvgIpc) is 2.35. The van der Waals surface area contributed by atoms with Crippen molar-refractivity contribution in [3.63, 3.8) is 0 Å². The lowest BCUT2D eigenvalue weighted by atomic mass is 10.3. The zero-order chi connectivity index (χ0) is 13.7. The number of para-hydroxylation sites is 2. The topological polar surface area (TPSA) is 113 Å². The van der Waals surface area contributed by atoms with E-state index in [1.165, 1.54) is 17.8 Å².